The Balaban J connectivity index is 3.67. The van der Waals surface area contributed by atoms with Crippen LogP contribution >= 0.6 is 0 Å². The molecule has 3 heteroatoms. The summed E-state index contributed by atoms with van der Waals surface area (Å²) in [6.07, 6.45) is 6.81. The van der Waals surface area contributed by atoms with Crippen LogP contribution in [0, 0.1) is 0 Å². The number of hydrogen-bond acceptors (Lipinski definition) is 3. The maximum absolute atomic E-state index is 11.5. The third-order valence-electron chi connectivity index (χ3n) is 2.13. The minimum Gasteiger partial charge on any atom is -0.459 e. The van der Waals surface area contributed by atoms with E-state index in [2.05, 4.69) is 6.58 Å². The van der Waals surface area contributed by atoms with E-state index in [0.29, 0.717) is 6.42 Å². The smallest absolute Gasteiger partial charge is 0.323 e. The van der Waals surface area contributed by atoms with E-state index in [1.807, 2.05) is 26.8 Å². The van der Waals surface area contributed by atoms with E-state index in [9.17, 15) is 4.79 Å². The van der Waals surface area contributed by atoms with Crippen LogP contribution in [0.4, 0.5) is 0 Å². The van der Waals surface area contributed by atoms with Gasteiger partial charge in [0.2, 0.25) is 0 Å². The second-order valence-corrected chi connectivity index (χ2v) is 5.07. The number of allylic oxidation sites excluding steroid dienone is 1. The summed E-state index contributed by atoms with van der Waals surface area (Å²) in [6.45, 7) is 9.21. The van der Waals surface area contributed by atoms with Gasteiger partial charge in [-0.1, -0.05) is 18.9 Å². The average Bonchev–Trinajstić information content (AvgIpc) is 2.14. The second-order valence-electron chi connectivity index (χ2n) is 5.07. The van der Waals surface area contributed by atoms with Crippen molar-refractivity contribution in [3.8, 4) is 0 Å². The van der Waals surface area contributed by atoms with Gasteiger partial charge in [-0.15, -0.1) is 6.58 Å². The summed E-state index contributed by atoms with van der Waals surface area (Å²) in [4.78, 5) is 11.5. The van der Waals surface area contributed by atoms with Crippen molar-refractivity contribution in [3.63, 3.8) is 0 Å². The first-order chi connectivity index (χ1) is 7.37. The summed E-state index contributed by atoms with van der Waals surface area (Å²) >= 11 is 0. The van der Waals surface area contributed by atoms with Crippen LogP contribution in [0.2, 0.25) is 0 Å². The van der Waals surface area contributed by atoms with E-state index in [4.69, 9.17) is 10.5 Å². The molecule has 0 aliphatic carbocycles. The van der Waals surface area contributed by atoms with E-state index in [1.165, 1.54) is 0 Å². The third kappa shape index (κ3) is 8.48. The standard InChI is InChI=1S/C13H25NO2/c1-5-6-7-8-9-10-11(14)12(15)16-13(2,3)4/h5,11H,1,6-10,14H2,2-4H3/t11-/m1/s1. The number of ether oxygens (including phenoxy) is 1. The molecule has 2 N–H and O–H groups in total. The lowest BCUT2D eigenvalue weighted by Crippen LogP contribution is -2.37. The van der Waals surface area contributed by atoms with Crippen molar-refractivity contribution in [1.82, 2.24) is 0 Å². The Morgan fingerprint density at radius 1 is 1.38 bits per heavy atom. The van der Waals surface area contributed by atoms with Gasteiger partial charge in [-0.2, -0.15) is 0 Å². The number of nitrogens with two attached hydrogens (primary N) is 1. The number of carbonyl (C=O) groups is 1. The molecule has 0 bridgehead atoms. The summed E-state index contributed by atoms with van der Waals surface area (Å²) in [5.74, 6) is -0.295. The molecule has 94 valence electrons. The van der Waals surface area contributed by atoms with Crippen LogP contribution in [0.25, 0.3) is 0 Å². The molecule has 0 aromatic rings. The topological polar surface area (TPSA) is 52.3 Å². The molecule has 0 rings (SSSR count). The monoisotopic (exact) mass is 227 g/mol. The SMILES string of the molecule is C=CCCCCC[C@@H](N)C(=O)OC(C)(C)C. The van der Waals surface area contributed by atoms with E-state index in [-0.39, 0.29) is 5.97 Å². The number of carbonyl (C=O) groups excluding carboxylic acids is 1. The summed E-state index contributed by atoms with van der Waals surface area (Å²) in [5.41, 5.74) is 5.30. The fourth-order valence-electron chi connectivity index (χ4n) is 1.33. The van der Waals surface area contributed by atoms with Gasteiger partial charge in [0, 0.05) is 0 Å². The Labute approximate surface area is 99.0 Å². The predicted molar refractivity (Wildman–Crippen MR) is 67.1 cm³/mol. The fourth-order valence-corrected chi connectivity index (χ4v) is 1.33. The van der Waals surface area contributed by atoms with Gasteiger partial charge in [-0.3, -0.25) is 4.79 Å². The highest BCUT2D eigenvalue weighted by Gasteiger charge is 2.21. The Morgan fingerprint density at radius 3 is 2.50 bits per heavy atom. The maximum Gasteiger partial charge on any atom is 0.323 e. The minimum atomic E-state index is -0.483. The first kappa shape index (κ1) is 15.2. The first-order valence-corrected chi connectivity index (χ1v) is 5.96. The van der Waals surface area contributed by atoms with Gasteiger partial charge in [0.25, 0.3) is 0 Å². The number of esters is 1. The van der Waals surface area contributed by atoms with Crippen molar-refractivity contribution < 1.29 is 9.53 Å². The van der Waals surface area contributed by atoms with Gasteiger partial charge in [0.05, 0.1) is 0 Å². The highest BCUT2D eigenvalue weighted by Crippen LogP contribution is 2.11. The van der Waals surface area contributed by atoms with Crippen LogP contribution in [0.5, 0.6) is 0 Å². The molecule has 3 nitrogen and oxygen atoms in total. The van der Waals surface area contributed by atoms with Crippen LogP contribution in [0.15, 0.2) is 12.7 Å². The van der Waals surface area contributed by atoms with Crippen molar-refractivity contribution in [1.29, 1.82) is 0 Å². The van der Waals surface area contributed by atoms with Gasteiger partial charge >= 0.3 is 5.97 Å². The van der Waals surface area contributed by atoms with Crippen molar-refractivity contribution in [2.24, 2.45) is 5.73 Å². The lowest BCUT2D eigenvalue weighted by Gasteiger charge is -2.22. The molecular formula is C13H25NO2. The number of unbranched alkanes of at least 4 members (excludes halogenated alkanes) is 3. The van der Waals surface area contributed by atoms with Gasteiger partial charge < -0.3 is 10.5 Å². The maximum atomic E-state index is 11.5. The molecule has 0 aromatic heterocycles. The first-order valence-electron chi connectivity index (χ1n) is 5.96. The van der Waals surface area contributed by atoms with E-state index in [0.717, 1.165) is 25.7 Å². The molecule has 0 fully saturated rings. The lowest BCUT2D eigenvalue weighted by molar-refractivity contribution is -0.156. The molecule has 0 heterocycles. The Hall–Kier alpha value is -0.830. The molecule has 1 atom stereocenters. The number of rotatable bonds is 7. The van der Waals surface area contributed by atoms with Crippen molar-refractivity contribution in [3.05, 3.63) is 12.7 Å². The fraction of sp³-hybridized carbons (Fsp3) is 0.769. The van der Waals surface area contributed by atoms with Gasteiger partial charge in [-0.05, 0) is 40.0 Å². The summed E-state index contributed by atoms with van der Waals surface area (Å²) in [7, 11) is 0. The predicted octanol–water partition coefficient (Wildman–Crippen LogP) is 2.79. The molecule has 0 aromatic carbocycles. The van der Waals surface area contributed by atoms with Crippen molar-refractivity contribution in [2.75, 3.05) is 0 Å². The lowest BCUT2D eigenvalue weighted by atomic mass is 10.1. The third-order valence-corrected chi connectivity index (χ3v) is 2.13. The molecule has 0 radical (unpaired) electrons. The molecule has 0 spiro atoms. The highest BCUT2D eigenvalue weighted by molar-refractivity contribution is 5.75. The molecule has 0 saturated heterocycles. The molecule has 0 saturated carbocycles. The normalized spacial score (nSPS) is 13.2. The minimum absolute atomic E-state index is 0.295. The van der Waals surface area contributed by atoms with Crippen molar-refractivity contribution >= 4 is 5.97 Å². The Kier molecular flexibility index (Phi) is 7.06. The molecule has 0 aliphatic heterocycles. The van der Waals surface area contributed by atoms with Crippen LogP contribution in [0.1, 0.15) is 52.9 Å². The van der Waals surface area contributed by atoms with E-state index >= 15 is 0 Å². The summed E-state index contributed by atoms with van der Waals surface area (Å²) < 4.78 is 5.20. The van der Waals surface area contributed by atoms with Crippen LogP contribution in [-0.2, 0) is 9.53 Å². The van der Waals surface area contributed by atoms with Crippen LogP contribution < -0.4 is 5.73 Å². The molecule has 0 aliphatic rings. The van der Waals surface area contributed by atoms with Gasteiger partial charge in [-0.25, -0.2) is 0 Å². The van der Waals surface area contributed by atoms with Crippen LogP contribution in [-0.4, -0.2) is 17.6 Å². The zero-order valence-corrected chi connectivity index (χ0v) is 10.8. The zero-order chi connectivity index (χ0) is 12.6. The van der Waals surface area contributed by atoms with Crippen molar-refractivity contribution in [2.45, 2.75) is 64.5 Å². The molecule has 0 unspecified atom stereocenters. The average molecular weight is 227 g/mol. The number of hydrogen-bond donors (Lipinski definition) is 1. The molecule has 0 amide bonds. The van der Waals surface area contributed by atoms with Crippen LogP contribution in [0.3, 0.4) is 0 Å². The zero-order valence-electron chi connectivity index (χ0n) is 10.8. The molecular weight excluding hydrogens is 202 g/mol. The van der Waals surface area contributed by atoms with E-state index in [1.54, 1.807) is 0 Å². The van der Waals surface area contributed by atoms with Gasteiger partial charge in [0.1, 0.15) is 11.6 Å². The quantitative estimate of drug-likeness (QED) is 0.413. The highest BCUT2D eigenvalue weighted by atomic mass is 16.6. The Bertz CT molecular complexity index is 218. The summed E-state index contributed by atoms with van der Waals surface area (Å²) in [5, 5.41) is 0. The second kappa shape index (κ2) is 7.44. The Morgan fingerprint density at radius 2 is 2.00 bits per heavy atom. The summed E-state index contributed by atoms with van der Waals surface area (Å²) in [6, 6.07) is -0.483. The molecule has 16 heavy (non-hydrogen) atoms. The van der Waals surface area contributed by atoms with E-state index < -0.39 is 11.6 Å². The van der Waals surface area contributed by atoms with Gasteiger partial charge in [0.15, 0.2) is 0 Å². The largest absolute Gasteiger partial charge is 0.459 e.